The molecule has 1 aromatic carbocycles. The number of para-hydroxylation sites is 1. The van der Waals surface area contributed by atoms with Crippen LogP contribution in [0.2, 0.25) is 0 Å². The predicted octanol–water partition coefficient (Wildman–Crippen LogP) is 2.71. The van der Waals surface area contributed by atoms with Gasteiger partial charge in [-0.15, -0.1) is 0 Å². The van der Waals surface area contributed by atoms with E-state index < -0.39 is 0 Å². The Morgan fingerprint density at radius 3 is 2.52 bits per heavy atom. The molecule has 1 fully saturated rings. The lowest BCUT2D eigenvalue weighted by atomic mass is 10.1. The first kappa shape index (κ1) is 16.1. The molecule has 1 unspecified atom stereocenters. The van der Waals surface area contributed by atoms with Crippen LogP contribution in [0, 0.1) is 0 Å². The van der Waals surface area contributed by atoms with Crippen LogP contribution in [0.15, 0.2) is 18.2 Å². The molecule has 4 heteroatoms. The summed E-state index contributed by atoms with van der Waals surface area (Å²) in [6.45, 7) is 12.2. The quantitative estimate of drug-likeness (QED) is 0.874. The van der Waals surface area contributed by atoms with E-state index in [1.54, 1.807) is 0 Å². The monoisotopic (exact) mass is 292 g/mol. The molecule has 0 aromatic heterocycles. The van der Waals surface area contributed by atoms with Crippen molar-refractivity contribution in [1.29, 1.82) is 0 Å². The third kappa shape index (κ3) is 4.11. The molecule has 4 nitrogen and oxygen atoms in total. The van der Waals surface area contributed by atoms with E-state index in [9.17, 15) is 5.11 Å². The minimum absolute atomic E-state index is 0.295. The van der Waals surface area contributed by atoms with E-state index in [-0.39, 0.29) is 0 Å². The van der Waals surface area contributed by atoms with Crippen LogP contribution in [0.25, 0.3) is 0 Å². The molecule has 1 saturated heterocycles. The highest BCUT2D eigenvalue weighted by molar-refractivity contribution is 5.45. The molecule has 0 aliphatic carbocycles. The maximum absolute atomic E-state index is 10.3. The van der Waals surface area contributed by atoms with Gasteiger partial charge in [-0.3, -0.25) is 9.80 Å². The van der Waals surface area contributed by atoms with Crippen molar-refractivity contribution in [2.24, 2.45) is 0 Å². The Morgan fingerprint density at radius 2 is 1.90 bits per heavy atom. The summed E-state index contributed by atoms with van der Waals surface area (Å²) in [5.74, 6) is 0.886. The van der Waals surface area contributed by atoms with E-state index in [4.69, 9.17) is 4.74 Å². The summed E-state index contributed by atoms with van der Waals surface area (Å²) in [6, 6.07) is 6.43. The maximum Gasteiger partial charge on any atom is 0.162 e. The van der Waals surface area contributed by atoms with Crippen molar-refractivity contribution >= 4 is 0 Å². The lowest BCUT2D eigenvalue weighted by Crippen LogP contribution is -2.48. The van der Waals surface area contributed by atoms with E-state index in [0.717, 1.165) is 38.3 Å². The lowest BCUT2D eigenvalue weighted by Gasteiger charge is -2.37. The summed E-state index contributed by atoms with van der Waals surface area (Å²) in [6.07, 6.45) is 1.21. The average molecular weight is 292 g/mol. The molecule has 1 N–H and O–H groups in total. The van der Waals surface area contributed by atoms with Crippen molar-refractivity contribution in [3.8, 4) is 11.5 Å². The molecule has 1 heterocycles. The summed E-state index contributed by atoms with van der Waals surface area (Å²) in [5, 5.41) is 10.3. The normalized spacial score (nSPS) is 18.6. The van der Waals surface area contributed by atoms with Gasteiger partial charge in [0.15, 0.2) is 11.5 Å². The number of aromatic hydroxyl groups is 1. The first-order valence-corrected chi connectivity index (χ1v) is 8.05. The number of phenols is 1. The third-order valence-electron chi connectivity index (χ3n) is 4.40. The van der Waals surface area contributed by atoms with Crippen LogP contribution in [0.1, 0.15) is 32.8 Å². The molecule has 0 radical (unpaired) electrons. The van der Waals surface area contributed by atoms with Crippen LogP contribution < -0.4 is 4.74 Å². The molecule has 0 spiro atoms. The average Bonchev–Trinajstić information content (AvgIpc) is 2.51. The molecule has 0 amide bonds. The zero-order chi connectivity index (χ0) is 15.2. The maximum atomic E-state index is 10.3. The molecule has 0 bridgehead atoms. The first-order valence-electron chi connectivity index (χ1n) is 8.05. The molecular formula is C17H28N2O2. The van der Waals surface area contributed by atoms with Gasteiger partial charge in [0, 0.05) is 44.3 Å². The molecule has 1 aromatic rings. The molecule has 118 valence electrons. The minimum Gasteiger partial charge on any atom is -0.504 e. The van der Waals surface area contributed by atoms with Gasteiger partial charge in [-0.1, -0.05) is 19.1 Å². The van der Waals surface area contributed by atoms with Crippen molar-refractivity contribution in [3.05, 3.63) is 23.8 Å². The summed E-state index contributed by atoms with van der Waals surface area (Å²) in [5.41, 5.74) is 0.956. The van der Waals surface area contributed by atoms with Crippen molar-refractivity contribution < 1.29 is 9.84 Å². The fourth-order valence-electron chi connectivity index (χ4n) is 2.83. The van der Waals surface area contributed by atoms with Gasteiger partial charge in [-0.25, -0.2) is 0 Å². The van der Waals surface area contributed by atoms with E-state index in [1.807, 2.05) is 25.1 Å². The standard InChI is InChI=1S/C17H28N2O2/c1-4-14(3)19-11-9-18(10-12-19)13-15-7-6-8-16(17(15)20)21-5-2/h6-8,14,20H,4-5,9-13H2,1-3H3. The molecule has 2 rings (SSSR count). The Kier molecular flexibility index (Phi) is 5.88. The highest BCUT2D eigenvalue weighted by Crippen LogP contribution is 2.30. The number of hydrogen-bond acceptors (Lipinski definition) is 4. The number of rotatable bonds is 6. The number of ether oxygens (including phenoxy) is 1. The number of nitrogens with zero attached hydrogens (tertiary/aromatic N) is 2. The van der Waals surface area contributed by atoms with Crippen LogP contribution in [-0.2, 0) is 6.54 Å². The van der Waals surface area contributed by atoms with Crippen molar-refractivity contribution in [1.82, 2.24) is 9.80 Å². The Balaban J connectivity index is 1.93. The summed E-state index contributed by atoms with van der Waals surface area (Å²) < 4.78 is 5.45. The number of phenolic OH excluding ortho intramolecular Hbond substituents is 1. The highest BCUT2D eigenvalue weighted by atomic mass is 16.5. The second kappa shape index (κ2) is 7.66. The van der Waals surface area contributed by atoms with Crippen LogP contribution in [-0.4, -0.2) is 53.7 Å². The number of hydrogen-bond donors (Lipinski definition) is 1. The van der Waals surface area contributed by atoms with E-state index in [2.05, 4.69) is 23.6 Å². The summed E-state index contributed by atoms with van der Waals surface area (Å²) in [7, 11) is 0. The second-order valence-corrected chi connectivity index (χ2v) is 5.77. The van der Waals surface area contributed by atoms with Crippen molar-refractivity contribution in [2.75, 3.05) is 32.8 Å². The molecule has 1 aliphatic heterocycles. The number of benzene rings is 1. The first-order chi connectivity index (χ1) is 10.2. The highest BCUT2D eigenvalue weighted by Gasteiger charge is 2.21. The zero-order valence-electron chi connectivity index (χ0n) is 13.5. The Hall–Kier alpha value is -1.26. The van der Waals surface area contributed by atoms with Gasteiger partial charge >= 0.3 is 0 Å². The fraction of sp³-hybridized carbons (Fsp3) is 0.647. The molecular weight excluding hydrogens is 264 g/mol. The van der Waals surface area contributed by atoms with Gasteiger partial charge in [0.1, 0.15) is 0 Å². The summed E-state index contributed by atoms with van der Waals surface area (Å²) in [4.78, 5) is 4.95. The van der Waals surface area contributed by atoms with E-state index >= 15 is 0 Å². The third-order valence-corrected chi connectivity index (χ3v) is 4.40. The van der Waals surface area contributed by atoms with Crippen molar-refractivity contribution in [3.63, 3.8) is 0 Å². The Bertz CT molecular complexity index is 442. The summed E-state index contributed by atoms with van der Waals surface area (Å²) >= 11 is 0. The van der Waals surface area contributed by atoms with Gasteiger partial charge in [0.2, 0.25) is 0 Å². The second-order valence-electron chi connectivity index (χ2n) is 5.77. The van der Waals surface area contributed by atoms with Crippen LogP contribution in [0.4, 0.5) is 0 Å². The largest absolute Gasteiger partial charge is 0.504 e. The van der Waals surface area contributed by atoms with Gasteiger partial charge in [0.05, 0.1) is 6.61 Å². The Morgan fingerprint density at radius 1 is 1.19 bits per heavy atom. The number of piperazine rings is 1. The molecule has 21 heavy (non-hydrogen) atoms. The van der Waals surface area contributed by atoms with Gasteiger partial charge in [-0.05, 0) is 26.3 Å². The molecule has 1 atom stereocenters. The van der Waals surface area contributed by atoms with E-state index in [1.165, 1.54) is 6.42 Å². The fourth-order valence-corrected chi connectivity index (χ4v) is 2.83. The van der Waals surface area contributed by atoms with Gasteiger partial charge in [-0.2, -0.15) is 0 Å². The van der Waals surface area contributed by atoms with Crippen LogP contribution in [0.5, 0.6) is 11.5 Å². The molecule has 1 aliphatic rings. The van der Waals surface area contributed by atoms with Gasteiger partial charge < -0.3 is 9.84 Å². The van der Waals surface area contributed by atoms with Gasteiger partial charge in [0.25, 0.3) is 0 Å². The van der Waals surface area contributed by atoms with Crippen molar-refractivity contribution in [2.45, 2.75) is 39.8 Å². The van der Waals surface area contributed by atoms with Crippen LogP contribution in [0.3, 0.4) is 0 Å². The Labute approximate surface area is 128 Å². The zero-order valence-corrected chi connectivity index (χ0v) is 13.5. The minimum atomic E-state index is 0.295. The molecule has 0 saturated carbocycles. The van der Waals surface area contributed by atoms with Crippen LogP contribution >= 0.6 is 0 Å². The smallest absolute Gasteiger partial charge is 0.162 e. The topological polar surface area (TPSA) is 35.9 Å². The predicted molar refractivity (Wildman–Crippen MR) is 85.9 cm³/mol. The van der Waals surface area contributed by atoms with E-state index in [0.29, 0.717) is 24.1 Å². The SMILES string of the molecule is CCOc1cccc(CN2CCN(C(C)CC)CC2)c1O. The lowest BCUT2D eigenvalue weighted by molar-refractivity contribution is 0.0957.